The van der Waals surface area contributed by atoms with Crippen LogP contribution >= 0.6 is 23.2 Å². The van der Waals surface area contributed by atoms with Crippen LogP contribution in [0, 0.1) is 6.92 Å². The zero-order valence-corrected chi connectivity index (χ0v) is 11.4. The van der Waals surface area contributed by atoms with Gasteiger partial charge in [0.25, 0.3) is 0 Å². The fourth-order valence-corrected chi connectivity index (χ4v) is 1.73. The lowest BCUT2D eigenvalue weighted by molar-refractivity contribution is 0.290. The second-order valence-electron chi connectivity index (χ2n) is 3.80. The van der Waals surface area contributed by atoms with Crippen LogP contribution in [-0.4, -0.2) is 9.97 Å². The van der Waals surface area contributed by atoms with Crippen molar-refractivity contribution in [3.63, 3.8) is 0 Å². The van der Waals surface area contributed by atoms with E-state index in [0.717, 1.165) is 11.1 Å². The fourth-order valence-electron chi connectivity index (χ4n) is 1.42. The third-order valence-corrected chi connectivity index (χ3v) is 2.92. The van der Waals surface area contributed by atoms with Crippen LogP contribution < -0.4 is 4.74 Å². The van der Waals surface area contributed by atoms with E-state index in [4.69, 9.17) is 27.9 Å². The number of hydrogen-bond acceptors (Lipinski definition) is 3. The van der Waals surface area contributed by atoms with Gasteiger partial charge >= 0.3 is 0 Å². The Balaban J connectivity index is 2.09. The Bertz CT molecular complexity index is 529. The van der Waals surface area contributed by atoms with E-state index in [0.29, 0.717) is 29.2 Å². The van der Waals surface area contributed by atoms with Gasteiger partial charge in [0.2, 0.25) is 5.88 Å². The smallest absolute Gasteiger partial charge is 0.221 e. The van der Waals surface area contributed by atoms with Crippen LogP contribution in [0.15, 0.2) is 30.5 Å². The fraction of sp³-hybridized carbons (Fsp3) is 0.231. The van der Waals surface area contributed by atoms with Crippen LogP contribution in [0.5, 0.6) is 5.88 Å². The number of aryl methyl sites for hydroxylation is 1. The zero-order valence-electron chi connectivity index (χ0n) is 9.86. The predicted molar refractivity (Wildman–Crippen MR) is 72.1 cm³/mol. The highest BCUT2D eigenvalue weighted by atomic mass is 35.5. The van der Waals surface area contributed by atoms with Gasteiger partial charge in [0.1, 0.15) is 12.4 Å². The maximum atomic E-state index is 5.82. The van der Waals surface area contributed by atoms with Gasteiger partial charge in [-0.2, -0.15) is 4.98 Å². The highest BCUT2D eigenvalue weighted by molar-refractivity contribution is 6.30. The van der Waals surface area contributed by atoms with Crippen molar-refractivity contribution < 1.29 is 4.74 Å². The summed E-state index contributed by atoms with van der Waals surface area (Å²) in [5.74, 6) is 1.53. The summed E-state index contributed by atoms with van der Waals surface area (Å²) >= 11 is 11.6. The van der Waals surface area contributed by atoms with Crippen molar-refractivity contribution in [2.45, 2.75) is 19.4 Å². The summed E-state index contributed by atoms with van der Waals surface area (Å²) in [5, 5.41) is 0.707. The normalized spacial score (nSPS) is 10.4. The Morgan fingerprint density at radius 2 is 1.94 bits per heavy atom. The standard InChI is InChI=1S/C13H12Cl2N2O/c1-9-16-7-11(6-14)13(17-9)18-8-10-2-4-12(15)5-3-10/h2-5,7H,6,8H2,1H3. The van der Waals surface area contributed by atoms with Crippen molar-refractivity contribution in [2.24, 2.45) is 0 Å². The monoisotopic (exact) mass is 282 g/mol. The molecule has 2 aromatic rings. The third-order valence-electron chi connectivity index (χ3n) is 2.38. The molecule has 1 heterocycles. The van der Waals surface area contributed by atoms with Crippen LogP contribution in [0.25, 0.3) is 0 Å². The molecule has 0 radical (unpaired) electrons. The lowest BCUT2D eigenvalue weighted by atomic mass is 10.2. The first-order chi connectivity index (χ1) is 8.69. The number of rotatable bonds is 4. The quantitative estimate of drug-likeness (QED) is 0.801. The first-order valence-corrected chi connectivity index (χ1v) is 6.36. The van der Waals surface area contributed by atoms with Gasteiger partial charge in [0.15, 0.2) is 0 Å². The molecule has 0 aliphatic carbocycles. The molecule has 0 aliphatic rings. The van der Waals surface area contributed by atoms with Crippen LogP contribution in [0.1, 0.15) is 17.0 Å². The van der Waals surface area contributed by atoms with Crippen molar-refractivity contribution in [1.29, 1.82) is 0 Å². The Hall–Kier alpha value is -1.32. The lowest BCUT2D eigenvalue weighted by Crippen LogP contribution is -2.02. The molecule has 0 saturated carbocycles. The summed E-state index contributed by atoms with van der Waals surface area (Å²) in [6.45, 7) is 2.24. The Morgan fingerprint density at radius 1 is 1.22 bits per heavy atom. The number of alkyl halides is 1. The van der Waals surface area contributed by atoms with Gasteiger partial charge in [0, 0.05) is 16.8 Å². The second-order valence-corrected chi connectivity index (χ2v) is 4.50. The molecule has 0 spiro atoms. The number of halogens is 2. The molecule has 1 aromatic carbocycles. The van der Waals surface area contributed by atoms with E-state index in [1.807, 2.05) is 31.2 Å². The van der Waals surface area contributed by atoms with Gasteiger partial charge in [-0.25, -0.2) is 4.98 Å². The highest BCUT2D eigenvalue weighted by Crippen LogP contribution is 2.18. The van der Waals surface area contributed by atoms with Gasteiger partial charge in [-0.15, -0.1) is 11.6 Å². The zero-order chi connectivity index (χ0) is 13.0. The molecule has 0 N–H and O–H groups in total. The van der Waals surface area contributed by atoms with E-state index < -0.39 is 0 Å². The molecule has 3 nitrogen and oxygen atoms in total. The van der Waals surface area contributed by atoms with E-state index in [2.05, 4.69) is 9.97 Å². The van der Waals surface area contributed by atoms with Crippen molar-refractivity contribution >= 4 is 23.2 Å². The van der Waals surface area contributed by atoms with E-state index in [1.165, 1.54) is 0 Å². The van der Waals surface area contributed by atoms with Crippen LogP contribution in [0.4, 0.5) is 0 Å². The van der Waals surface area contributed by atoms with Crippen molar-refractivity contribution in [3.8, 4) is 5.88 Å². The molecule has 18 heavy (non-hydrogen) atoms. The van der Waals surface area contributed by atoms with Gasteiger partial charge in [0.05, 0.1) is 5.88 Å². The van der Waals surface area contributed by atoms with Gasteiger partial charge < -0.3 is 4.74 Å². The SMILES string of the molecule is Cc1ncc(CCl)c(OCc2ccc(Cl)cc2)n1. The Morgan fingerprint density at radius 3 is 2.61 bits per heavy atom. The molecule has 0 aliphatic heterocycles. The molecule has 0 fully saturated rings. The molecule has 1 aromatic heterocycles. The molecule has 0 unspecified atom stereocenters. The first kappa shape index (κ1) is 13.1. The summed E-state index contributed by atoms with van der Waals surface area (Å²) in [4.78, 5) is 8.32. The average molecular weight is 283 g/mol. The van der Waals surface area contributed by atoms with Crippen LogP contribution in [0.2, 0.25) is 5.02 Å². The molecule has 0 bridgehead atoms. The maximum absolute atomic E-state index is 5.82. The number of aromatic nitrogens is 2. The van der Waals surface area contributed by atoms with Crippen molar-refractivity contribution in [2.75, 3.05) is 0 Å². The number of nitrogens with zero attached hydrogens (tertiary/aromatic N) is 2. The minimum atomic E-state index is 0.330. The van der Waals surface area contributed by atoms with Crippen molar-refractivity contribution in [1.82, 2.24) is 9.97 Å². The van der Waals surface area contributed by atoms with Gasteiger partial charge in [-0.3, -0.25) is 0 Å². The summed E-state index contributed by atoms with van der Waals surface area (Å²) in [6.07, 6.45) is 1.69. The van der Waals surface area contributed by atoms with Gasteiger partial charge in [-0.05, 0) is 24.6 Å². The lowest BCUT2D eigenvalue weighted by Gasteiger charge is -2.09. The minimum absolute atomic E-state index is 0.330. The van der Waals surface area contributed by atoms with E-state index in [-0.39, 0.29) is 0 Å². The molecular weight excluding hydrogens is 271 g/mol. The van der Waals surface area contributed by atoms with E-state index in [9.17, 15) is 0 Å². The molecule has 0 atom stereocenters. The van der Waals surface area contributed by atoms with E-state index >= 15 is 0 Å². The van der Waals surface area contributed by atoms with Gasteiger partial charge in [-0.1, -0.05) is 23.7 Å². The topological polar surface area (TPSA) is 35.0 Å². The number of hydrogen-bond donors (Lipinski definition) is 0. The number of ether oxygens (including phenoxy) is 1. The summed E-state index contributed by atoms with van der Waals surface area (Å²) in [7, 11) is 0. The average Bonchev–Trinajstić information content (AvgIpc) is 2.38. The maximum Gasteiger partial charge on any atom is 0.221 e. The summed E-state index contributed by atoms with van der Waals surface area (Å²) in [6, 6.07) is 7.48. The largest absolute Gasteiger partial charge is 0.472 e. The van der Waals surface area contributed by atoms with Crippen molar-refractivity contribution in [3.05, 3.63) is 52.4 Å². The molecule has 0 amide bonds. The first-order valence-electron chi connectivity index (χ1n) is 5.45. The second kappa shape index (κ2) is 6.03. The predicted octanol–water partition coefficient (Wildman–Crippen LogP) is 3.76. The summed E-state index contributed by atoms with van der Waals surface area (Å²) < 4.78 is 5.66. The Kier molecular flexibility index (Phi) is 4.39. The molecule has 94 valence electrons. The molecule has 0 saturated heterocycles. The minimum Gasteiger partial charge on any atom is -0.472 e. The molecule has 5 heteroatoms. The van der Waals surface area contributed by atoms with Crippen LogP contribution in [0.3, 0.4) is 0 Å². The summed E-state index contributed by atoms with van der Waals surface area (Å²) in [5.41, 5.74) is 1.81. The molecule has 2 rings (SSSR count). The highest BCUT2D eigenvalue weighted by Gasteiger charge is 2.06. The third kappa shape index (κ3) is 3.34. The van der Waals surface area contributed by atoms with Crippen LogP contribution in [-0.2, 0) is 12.5 Å². The number of benzene rings is 1. The van der Waals surface area contributed by atoms with E-state index in [1.54, 1.807) is 6.20 Å². The Labute approximate surface area is 116 Å². The molecular formula is C13H12Cl2N2O.